The van der Waals surface area contributed by atoms with Gasteiger partial charge in [0.05, 0.1) is 11.9 Å². The molecule has 3 aromatic rings. The number of benzene rings is 3. The first-order valence-corrected chi connectivity index (χ1v) is 15.7. The van der Waals surface area contributed by atoms with Crippen molar-refractivity contribution in [3.05, 3.63) is 101 Å². The van der Waals surface area contributed by atoms with E-state index in [0.717, 1.165) is 45.7 Å². The molecule has 0 aliphatic heterocycles. The number of rotatable bonds is 14. The molecule has 3 rings (SSSR count). The molecule has 7 nitrogen and oxygen atoms in total. The van der Waals surface area contributed by atoms with E-state index in [-0.39, 0.29) is 12.5 Å². The van der Waals surface area contributed by atoms with Crippen molar-refractivity contribution in [2.75, 3.05) is 23.7 Å². The van der Waals surface area contributed by atoms with Crippen LogP contribution in [0.2, 0.25) is 0 Å². The van der Waals surface area contributed by atoms with E-state index in [4.69, 9.17) is 0 Å². The van der Waals surface area contributed by atoms with Crippen molar-refractivity contribution in [2.45, 2.75) is 59.0 Å². The van der Waals surface area contributed by atoms with Crippen molar-refractivity contribution in [1.29, 1.82) is 0 Å². The minimum Gasteiger partial charge on any atom is -0.354 e. The van der Waals surface area contributed by atoms with Crippen LogP contribution >= 0.6 is 0 Å². The minimum atomic E-state index is -3.79. The van der Waals surface area contributed by atoms with Gasteiger partial charge in [-0.2, -0.15) is 0 Å². The van der Waals surface area contributed by atoms with E-state index in [9.17, 15) is 18.0 Å². The number of anilines is 1. The molecular formula is C32H41N3O4S. The lowest BCUT2D eigenvalue weighted by Crippen LogP contribution is -2.53. The van der Waals surface area contributed by atoms with Crippen LogP contribution in [0.5, 0.6) is 0 Å². The molecule has 0 spiro atoms. The van der Waals surface area contributed by atoms with Crippen LogP contribution in [0, 0.1) is 6.92 Å². The highest BCUT2D eigenvalue weighted by Crippen LogP contribution is 2.24. The molecule has 0 bridgehead atoms. The first-order valence-electron chi connectivity index (χ1n) is 13.9. The zero-order valence-electron chi connectivity index (χ0n) is 24.0. The fourth-order valence-electron chi connectivity index (χ4n) is 4.60. The molecule has 1 atom stereocenters. The van der Waals surface area contributed by atoms with Gasteiger partial charge < -0.3 is 10.2 Å². The van der Waals surface area contributed by atoms with Gasteiger partial charge in [0.15, 0.2) is 0 Å². The number of unbranched alkanes of at least 4 members (excludes halogenated alkanes) is 1. The van der Waals surface area contributed by atoms with Crippen LogP contribution in [-0.2, 0) is 39.0 Å². The minimum absolute atomic E-state index is 0.171. The van der Waals surface area contributed by atoms with Gasteiger partial charge in [0.2, 0.25) is 21.8 Å². The van der Waals surface area contributed by atoms with E-state index in [1.807, 2.05) is 80.6 Å². The van der Waals surface area contributed by atoms with Crippen molar-refractivity contribution in [3.63, 3.8) is 0 Å². The molecule has 8 heteroatoms. The van der Waals surface area contributed by atoms with Crippen LogP contribution in [0.4, 0.5) is 5.69 Å². The maximum atomic E-state index is 14.2. The van der Waals surface area contributed by atoms with Gasteiger partial charge in [-0.05, 0) is 42.5 Å². The molecule has 214 valence electrons. The lowest BCUT2D eigenvalue weighted by Gasteiger charge is -2.34. The second-order valence-corrected chi connectivity index (χ2v) is 12.0. The third-order valence-corrected chi connectivity index (χ3v) is 8.02. The molecule has 0 aromatic heterocycles. The summed E-state index contributed by atoms with van der Waals surface area (Å²) < 4.78 is 27.2. The van der Waals surface area contributed by atoms with E-state index in [1.165, 1.54) is 4.90 Å². The summed E-state index contributed by atoms with van der Waals surface area (Å²) >= 11 is 0. The Labute approximate surface area is 239 Å². The molecule has 1 N–H and O–H groups in total. The third-order valence-electron chi connectivity index (χ3n) is 6.89. The van der Waals surface area contributed by atoms with E-state index >= 15 is 0 Å². The molecule has 0 aliphatic carbocycles. The van der Waals surface area contributed by atoms with Crippen LogP contribution in [-0.4, -0.2) is 50.5 Å². The van der Waals surface area contributed by atoms with Gasteiger partial charge in [-0.15, -0.1) is 0 Å². The summed E-state index contributed by atoms with van der Waals surface area (Å²) in [7, 11) is -3.79. The zero-order valence-corrected chi connectivity index (χ0v) is 24.8. The molecule has 0 saturated heterocycles. The number of para-hydroxylation sites is 1. The topological polar surface area (TPSA) is 86.8 Å². The molecule has 40 heavy (non-hydrogen) atoms. The van der Waals surface area contributed by atoms with Gasteiger partial charge in [0.1, 0.15) is 12.6 Å². The molecular weight excluding hydrogens is 522 g/mol. The molecule has 0 fully saturated rings. The first-order chi connectivity index (χ1) is 19.1. The molecule has 0 radical (unpaired) electrons. The summed E-state index contributed by atoms with van der Waals surface area (Å²) in [4.78, 5) is 29.3. The molecule has 0 heterocycles. The van der Waals surface area contributed by atoms with Gasteiger partial charge in [0.25, 0.3) is 0 Å². The quantitative estimate of drug-likeness (QED) is 0.283. The standard InChI is InChI=1S/C32H41N3O4S/c1-5-7-21-33-32(37)30(22-26-13-9-8-10-14-26)34(23-27-19-17-25(3)18-20-27)31(36)24-35(40(4,38)39)29-16-12-11-15-28(29)6-2/h8-20,30H,5-7,21-24H2,1-4H3,(H,33,37). The molecule has 1 unspecified atom stereocenters. The predicted molar refractivity (Wildman–Crippen MR) is 162 cm³/mol. The SMILES string of the molecule is CCCCNC(=O)C(Cc1ccccc1)N(Cc1ccc(C)cc1)C(=O)CN(c1ccccc1CC)S(C)(=O)=O. The largest absolute Gasteiger partial charge is 0.354 e. The monoisotopic (exact) mass is 563 g/mol. The van der Waals surface area contributed by atoms with Gasteiger partial charge in [0, 0.05) is 19.5 Å². The first kappa shape index (κ1) is 30.9. The molecule has 0 saturated carbocycles. The highest BCUT2D eigenvalue weighted by Gasteiger charge is 2.33. The Morgan fingerprint density at radius 3 is 2.15 bits per heavy atom. The Hall–Kier alpha value is -3.65. The van der Waals surface area contributed by atoms with E-state index < -0.39 is 28.5 Å². The Morgan fingerprint density at radius 2 is 1.52 bits per heavy atom. The molecule has 3 aromatic carbocycles. The maximum Gasteiger partial charge on any atom is 0.244 e. The van der Waals surface area contributed by atoms with E-state index in [0.29, 0.717) is 25.1 Å². The zero-order chi connectivity index (χ0) is 29.1. The van der Waals surface area contributed by atoms with Crippen LogP contribution in [0.3, 0.4) is 0 Å². The van der Waals surface area contributed by atoms with Crippen molar-refractivity contribution >= 4 is 27.5 Å². The third kappa shape index (κ3) is 8.68. The molecule has 0 aliphatic rings. The average Bonchev–Trinajstić information content (AvgIpc) is 2.94. The lowest BCUT2D eigenvalue weighted by atomic mass is 10.0. The second kappa shape index (κ2) is 14.7. The summed E-state index contributed by atoms with van der Waals surface area (Å²) in [6.45, 7) is 6.25. The average molecular weight is 564 g/mol. The summed E-state index contributed by atoms with van der Waals surface area (Å²) in [5.41, 5.74) is 4.15. The Bertz CT molecular complexity index is 1360. The number of hydrogen-bond donors (Lipinski definition) is 1. The normalized spacial score (nSPS) is 12.0. The number of carbonyl (C=O) groups excluding carboxylic acids is 2. The van der Waals surface area contributed by atoms with E-state index in [1.54, 1.807) is 12.1 Å². The smallest absolute Gasteiger partial charge is 0.244 e. The molecule has 2 amide bonds. The van der Waals surface area contributed by atoms with Crippen LogP contribution in [0.25, 0.3) is 0 Å². The highest BCUT2D eigenvalue weighted by molar-refractivity contribution is 7.92. The van der Waals surface area contributed by atoms with E-state index in [2.05, 4.69) is 12.2 Å². The number of nitrogens with one attached hydrogen (secondary N) is 1. The summed E-state index contributed by atoms with van der Waals surface area (Å²) in [5.74, 6) is -0.693. The number of nitrogens with zero attached hydrogens (tertiary/aromatic N) is 2. The summed E-state index contributed by atoms with van der Waals surface area (Å²) in [6, 6.07) is 23.8. The maximum absolute atomic E-state index is 14.2. The lowest BCUT2D eigenvalue weighted by molar-refractivity contribution is -0.140. The highest BCUT2D eigenvalue weighted by atomic mass is 32.2. The van der Waals surface area contributed by atoms with Crippen molar-refractivity contribution < 1.29 is 18.0 Å². The summed E-state index contributed by atoms with van der Waals surface area (Å²) in [5, 5.41) is 3.00. The van der Waals surface area contributed by atoms with Crippen molar-refractivity contribution in [2.24, 2.45) is 0 Å². The number of carbonyl (C=O) groups is 2. The Morgan fingerprint density at radius 1 is 0.875 bits per heavy atom. The summed E-state index contributed by atoms with van der Waals surface area (Å²) in [6.07, 6.45) is 3.78. The number of sulfonamides is 1. The van der Waals surface area contributed by atoms with Crippen LogP contribution in [0.15, 0.2) is 78.9 Å². The number of amides is 2. The number of hydrogen-bond acceptors (Lipinski definition) is 4. The van der Waals surface area contributed by atoms with Gasteiger partial charge in [-0.3, -0.25) is 13.9 Å². The number of aryl methyl sites for hydroxylation is 2. The Balaban J connectivity index is 2.05. The van der Waals surface area contributed by atoms with Crippen LogP contribution < -0.4 is 9.62 Å². The van der Waals surface area contributed by atoms with Gasteiger partial charge in [-0.25, -0.2) is 8.42 Å². The fourth-order valence-corrected chi connectivity index (χ4v) is 5.48. The fraction of sp³-hybridized carbons (Fsp3) is 0.375. The Kier molecular flexibility index (Phi) is 11.3. The van der Waals surface area contributed by atoms with Gasteiger partial charge in [-0.1, -0.05) is 98.6 Å². The van der Waals surface area contributed by atoms with Gasteiger partial charge >= 0.3 is 0 Å². The van der Waals surface area contributed by atoms with Crippen LogP contribution in [0.1, 0.15) is 48.9 Å². The second-order valence-electron chi connectivity index (χ2n) is 10.1. The van der Waals surface area contributed by atoms with Crippen molar-refractivity contribution in [3.8, 4) is 0 Å². The van der Waals surface area contributed by atoms with Crippen molar-refractivity contribution in [1.82, 2.24) is 10.2 Å². The predicted octanol–water partition coefficient (Wildman–Crippen LogP) is 4.88.